The Morgan fingerprint density at radius 2 is 1.72 bits per heavy atom. The molecule has 0 amide bonds. The van der Waals surface area contributed by atoms with Crippen LogP contribution in [-0.4, -0.2) is 35.2 Å². The van der Waals surface area contributed by atoms with E-state index in [1.807, 2.05) is 47.0 Å². The maximum Gasteiger partial charge on any atom is 0.263 e. The number of aromatic nitrogens is 2. The average molecular weight is 425 g/mol. The minimum Gasteiger partial charge on any atom is -0.365 e. The first-order chi connectivity index (χ1) is 15.6. The molecule has 0 unspecified atom stereocenters. The smallest absolute Gasteiger partial charge is 0.263 e. The van der Waals surface area contributed by atoms with Gasteiger partial charge >= 0.3 is 0 Å². The predicted octanol–water partition coefficient (Wildman–Crippen LogP) is 4.47. The standard InChI is InChI=1S/C27H28N4O/c1-20-9-8-12-23(17-20)30-16-15-29(18-21(30)2)27-28-25-14-7-6-13-24(25)26(32)31(27)19-22-10-4-3-5-11-22/h3-14,17,21H,15-16,18-19H2,1-2H3/t21-/m0/s1. The van der Waals surface area contributed by atoms with Crippen LogP contribution >= 0.6 is 0 Å². The maximum atomic E-state index is 13.5. The minimum atomic E-state index is 0.0169. The highest BCUT2D eigenvalue weighted by Gasteiger charge is 2.27. The van der Waals surface area contributed by atoms with Crippen LogP contribution in [0.15, 0.2) is 83.7 Å². The Bertz CT molecular complexity index is 1300. The SMILES string of the molecule is Cc1cccc(N2CCN(c3nc4ccccc4c(=O)n3Cc3ccccc3)C[C@@H]2C)c1. The molecule has 1 aliphatic heterocycles. The van der Waals surface area contributed by atoms with E-state index in [0.29, 0.717) is 18.0 Å². The average Bonchev–Trinajstić information content (AvgIpc) is 2.81. The molecule has 1 atom stereocenters. The van der Waals surface area contributed by atoms with Gasteiger partial charge in [0.05, 0.1) is 17.4 Å². The van der Waals surface area contributed by atoms with Crippen LogP contribution in [0.5, 0.6) is 0 Å². The van der Waals surface area contributed by atoms with Gasteiger partial charge in [-0.25, -0.2) is 4.98 Å². The summed E-state index contributed by atoms with van der Waals surface area (Å²) in [6.45, 7) is 7.41. The van der Waals surface area contributed by atoms with E-state index in [9.17, 15) is 4.79 Å². The summed E-state index contributed by atoms with van der Waals surface area (Å²) < 4.78 is 1.84. The van der Waals surface area contributed by atoms with Crippen molar-refractivity contribution in [1.29, 1.82) is 0 Å². The van der Waals surface area contributed by atoms with Crippen LogP contribution in [-0.2, 0) is 6.54 Å². The van der Waals surface area contributed by atoms with Crippen molar-refractivity contribution in [1.82, 2.24) is 9.55 Å². The van der Waals surface area contributed by atoms with E-state index in [-0.39, 0.29) is 5.56 Å². The summed E-state index contributed by atoms with van der Waals surface area (Å²) in [5, 5.41) is 0.665. The molecule has 1 aromatic heterocycles. The second-order valence-electron chi connectivity index (χ2n) is 8.63. The van der Waals surface area contributed by atoms with Gasteiger partial charge in [0.1, 0.15) is 0 Å². The van der Waals surface area contributed by atoms with Crippen LogP contribution in [0.2, 0.25) is 0 Å². The lowest BCUT2D eigenvalue weighted by Gasteiger charge is -2.42. The second-order valence-corrected chi connectivity index (χ2v) is 8.63. The van der Waals surface area contributed by atoms with E-state index in [4.69, 9.17) is 4.98 Å². The van der Waals surface area contributed by atoms with Crippen LogP contribution in [0.25, 0.3) is 10.9 Å². The molecule has 0 radical (unpaired) electrons. The first kappa shape index (κ1) is 20.3. The van der Waals surface area contributed by atoms with Gasteiger partial charge in [-0.3, -0.25) is 9.36 Å². The highest BCUT2D eigenvalue weighted by Crippen LogP contribution is 2.25. The van der Waals surface area contributed by atoms with Crippen molar-refractivity contribution in [2.45, 2.75) is 26.4 Å². The quantitative estimate of drug-likeness (QED) is 0.485. The first-order valence-corrected chi connectivity index (χ1v) is 11.2. The number of para-hydroxylation sites is 1. The lowest BCUT2D eigenvalue weighted by molar-refractivity contribution is 0.532. The number of fused-ring (bicyclic) bond motifs is 1. The summed E-state index contributed by atoms with van der Waals surface area (Å²) in [4.78, 5) is 23.2. The van der Waals surface area contributed by atoms with E-state index in [0.717, 1.165) is 36.7 Å². The number of nitrogens with zero attached hydrogens (tertiary/aromatic N) is 4. The number of rotatable bonds is 4. The Balaban J connectivity index is 1.52. The zero-order valence-corrected chi connectivity index (χ0v) is 18.6. The number of hydrogen-bond donors (Lipinski definition) is 0. The van der Waals surface area contributed by atoms with Crippen LogP contribution in [0.3, 0.4) is 0 Å². The van der Waals surface area contributed by atoms with Crippen molar-refractivity contribution in [2.75, 3.05) is 29.4 Å². The van der Waals surface area contributed by atoms with Gasteiger partial charge in [0, 0.05) is 31.4 Å². The van der Waals surface area contributed by atoms with E-state index >= 15 is 0 Å². The van der Waals surface area contributed by atoms with Gasteiger partial charge in [-0.15, -0.1) is 0 Å². The fourth-order valence-electron chi connectivity index (χ4n) is 4.64. The molecular weight excluding hydrogens is 396 g/mol. The largest absolute Gasteiger partial charge is 0.365 e. The topological polar surface area (TPSA) is 41.4 Å². The molecule has 0 bridgehead atoms. The molecule has 5 heteroatoms. The molecule has 3 aromatic carbocycles. The third kappa shape index (κ3) is 3.86. The zero-order chi connectivity index (χ0) is 22.1. The number of anilines is 2. The van der Waals surface area contributed by atoms with Gasteiger partial charge in [-0.05, 0) is 49.2 Å². The Hall–Kier alpha value is -3.60. The summed E-state index contributed by atoms with van der Waals surface area (Å²) in [6.07, 6.45) is 0. The first-order valence-electron chi connectivity index (χ1n) is 11.2. The Morgan fingerprint density at radius 3 is 2.50 bits per heavy atom. The molecule has 1 fully saturated rings. The molecular formula is C27H28N4O. The van der Waals surface area contributed by atoms with Gasteiger partial charge in [0.2, 0.25) is 5.95 Å². The molecule has 0 N–H and O–H groups in total. The molecule has 5 rings (SSSR count). The number of hydrogen-bond acceptors (Lipinski definition) is 4. The van der Waals surface area contributed by atoms with Crippen LogP contribution in [0, 0.1) is 6.92 Å². The Morgan fingerprint density at radius 1 is 0.938 bits per heavy atom. The lowest BCUT2D eigenvalue weighted by Crippen LogP contribution is -2.53. The molecule has 32 heavy (non-hydrogen) atoms. The fraction of sp³-hybridized carbons (Fsp3) is 0.259. The van der Waals surface area contributed by atoms with Crippen molar-refractivity contribution in [3.8, 4) is 0 Å². The van der Waals surface area contributed by atoms with Crippen molar-refractivity contribution >= 4 is 22.5 Å². The molecule has 1 saturated heterocycles. The molecule has 4 aromatic rings. The zero-order valence-electron chi connectivity index (χ0n) is 18.6. The summed E-state index contributed by atoms with van der Waals surface area (Å²) in [7, 11) is 0. The van der Waals surface area contributed by atoms with Gasteiger partial charge < -0.3 is 9.80 Å². The molecule has 162 valence electrons. The van der Waals surface area contributed by atoms with Gasteiger partial charge in [0.15, 0.2) is 0 Å². The second kappa shape index (κ2) is 8.50. The van der Waals surface area contributed by atoms with E-state index in [1.165, 1.54) is 11.3 Å². The van der Waals surface area contributed by atoms with Crippen LogP contribution < -0.4 is 15.4 Å². The minimum absolute atomic E-state index is 0.0169. The summed E-state index contributed by atoms with van der Waals surface area (Å²) >= 11 is 0. The molecule has 5 nitrogen and oxygen atoms in total. The normalized spacial score (nSPS) is 16.5. The molecule has 0 saturated carbocycles. The summed E-state index contributed by atoms with van der Waals surface area (Å²) in [5.74, 6) is 0.758. The van der Waals surface area contributed by atoms with E-state index in [2.05, 4.69) is 60.0 Å². The van der Waals surface area contributed by atoms with E-state index < -0.39 is 0 Å². The number of aryl methyl sites for hydroxylation is 1. The van der Waals surface area contributed by atoms with Crippen molar-refractivity contribution in [2.24, 2.45) is 0 Å². The highest BCUT2D eigenvalue weighted by molar-refractivity contribution is 5.78. The monoisotopic (exact) mass is 424 g/mol. The van der Waals surface area contributed by atoms with E-state index in [1.54, 1.807) is 0 Å². The third-order valence-electron chi connectivity index (χ3n) is 6.27. The van der Waals surface area contributed by atoms with Crippen molar-refractivity contribution < 1.29 is 0 Å². The molecule has 1 aliphatic rings. The van der Waals surface area contributed by atoms with Gasteiger partial charge in [-0.2, -0.15) is 0 Å². The van der Waals surface area contributed by atoms with Crippen molar-refractivity contribution in [3.05, 3.63) is 100 Å². The van der Waals surface area contributed by atoms with Crippen LogP contribution in [0.4, 0.5) is 11.6 Å². The van der Waals surface area contributed by atoms with Crippen LogP contribution in [0.1, 0.15) is 18.1 Å². The molecule has 2 heterocycles. The number of piperazine rings is 1. The summed E-state index contributed by atoms with van der Waals surface area (Å²) in [6, 6.07) is 26.8. The predicted molar refractivity (Wildman–Crippen MR) is 132 cm³/mol. The summed E-state index contributed by atoms with van der Waals surface area (Å²) in [5.41, 5.74) is 4.39. The van der Waals surface area contributed by atoms with Gasteiger partial charge in [-0.1, -0.05) is 54.6 Å². The molecule has 0 spiro atoms. The molecule has 0 aliphatic carbocycles. The maximum absolute atomic E-state index is 13.5. The Labute approximate surface area is 188 Å². The van der Waals surface area contributed by atoms with Crippen molar-refractivity contribution in [3.63, 3.8) is 0 Å². The number of benzene rings is 3. The van der Waals surface area contributed by atoms with Gasteiger partial charge in [0.25, 0.3) is 5.56 Å². The highest BCUT2D eigenvalue weighted by atomic mass is 16.1. The Kier molecular flexibility index (Phi) is 5.39. The third-order valence-corrected chi connectivity index (χ3v) is 6.27. The lowest BCUT2D eigenvalue weighted by atomic mass is 10.1. The fourth-order valence-corrected chi connectivity index (χ4v) is 4.64.